The average molecular weight is 346 g/mol. The van der Waals surface area contributed by atoms with E-state index in [1.807, 2.05) is 6.92 Å². The third kappa shape index (κ3) is 3.82. The van der Waals surface area contributed by atoms with Gasteiger partial charge in [-0.2, -0.15) is 21.2 Å². The third-order valence-electron chi connectivity index (χ3n) is 3.41. The molecule has 0 atom stereocenters. The highest BCUT2D eigenvalue weighted by Gasteiger charge is 2.33. The van der Waals surface area contributed by atoms with Crippen LogP contribution in [0, 0.1) is 0 Å². The summed E-state index contributed by atoms with van der Waals surface area (Å²) in [5.41, 5.74) is 0.122. The van der Waals surface area contributed by atoms with Crippen LogP contribution < -0.4 is 5.32 Å². The van der Waals surface area contributed by atoms with Gasteiger partial charge in [0.05, 0.1) is 5.56 Å². The molecule has 1 fully saturated rings. The van der Waals surface area contributed by atoms with Gasteiger partial charge in [-0.3, -0.25) is 9.48 Å². The smallest absolute Gasteiger partial charge is 0.263 e. The van der Waals surface area contributed by atoms with Gasteiger partial charge in [0.1, 0.15) is 0 Å². The molecule has 9 heteroatoms. The Kier molecular flexibility index (Phi) is 5.87. The van der Waals surface area contributed by atoms with Gasteiger partial charge in [0.25, 0.3) is 15.9 Å². The van der Waals surface area contributed by atoms with Gasteiger partial charge in [0.2, 0.25) is 5.03 Å². The van der Waals surface area contributed by atoms with Crippen LogP contribution in [-0.2, 0) is 17.1 Å². The summed E-state index contributed by atoms with van der Waals surface area (Å²) in [5.74, 6) is 1.15. The maximum absolute atomic E-state index is 12.7. The fraction of sp³-hybridized carbons (Fsp3) is 0.692. The van der Waals surface area contributed by atoms with E-state index in [4.69, 9.17) is 0 Å². The topological polar surface area (TPSA) is 84.3 Å². The summed E-state index contributed by atoms with van der Waals surface area (Å²) in [6, 6.07) is 0. The summed E-state index contributed by atoms with van der Waals surface area (Å²) in [7, 11) is -2.10. The molecule has 1 aromatic rings. The van der Waals surface area contributed by atoms with Crippen LogP contribution in [0.2, 0.25) is 0 Å². The Hall–Kier alpha value is -1.06. The zero-order valence-electron chi connectivity index (χ0n) is 12.9. The normalized spacial score (nSPS) is 16.6. The maximum atomic E-state index is 12.7. The molecule has 0 spiro atoms. The number of hydrogen-bond donors (Lipinski definition) is 1. The van der Waals surface area contributed by atoms with Gasteiger partial charge < -0.3 is 5.32 Å². The molecule has 0 saturated carbocycles. The highest BCUT2D eigenvalue weighted by atomic mass is 32.2. The molecule has 7 nitrogen and oxygen atoms in total. The number of unbranched alkanes of at least 4 members (excludes halogenated alkanes) is 1. The van der Waals surface area contributed by atoms with Gasteiger partial charge >= 0.3 is 0 Å². The summed E-state index contributed by atoms with van der Waals surface area (Å²) in [4.78, 5) is 12.2. The van der Waals surface area contributed by atoms with Gasteiger partial charge in [0.15, 0.2) is 0 Å². The Morgan fingerprint density at radius 2 is 2.09 bits per heavy atom. The van der Waals surface area contributed by atoms with Crippen molar-refractivity contribution in [3.63, 3.8) is 0 Å². The van der Waals surface area contributed by atoms with Crippen LogP contribution in [0.5, 0.6) is 0 Å². The van der Waals surface area contributed by atoms with E-state index in [2.05, 4.69) is 10.4 Å². The zero-order valence-corrected chi connectivity index (χ0v) is 14.5. The van der Waals surface area contributed by atoms with E-state index in [9.17, 15) is 13.2 Å². The zero-order chi connectivity index (χ0) is 16.2. The quantitative estimate of drug-likeness (QED) is 0.766. The number of carbonyl (C=O) groups is 1. The molecule has 1 aromatic heterocycles. The molecular formula is C13H22N4O3S2. The number of amides is 1. The number of carbonyl (C=O) groups excluding carboxylic acids is 1. The van der Waals surface area contributed by atoms with Gasteiger partial charge in [0, 0.05) is 44.4 Å². The molecular weight excluding hydrogens is 324 g/mol. The van der Waals surface area contributed by atoms with Crippen molar-refractivity contribution < 1.29 is 13.2 Å². The van der Waals surface area contributed by atoms with Gasteiger partial charge in [-0.25, -0.2) is 8.42 Å². The van der Waals surface area contributed by atoms with E-state index in [0.717, 1.165) is 24.3 Å². The molecule has 22 heavy (non-hydrogen) atoms. The Balaban J connectivity index is 2.25. The summed E-state index contributed by atoms with van der Waals surface area (Å²) < 4.78 is 28.2. The van der Waals surface area contributed by atoms with Crippen molar-refractivity contribution in [3.8, 4) is 0 Å². The fourth-order valence-corrected chi connectivity index (χ4v) is 4.89. The van der Waals surface area contributed by atoms with E-state index in [1.54, 1.807) is 18.8 Å². The van der Waals surface area contributed by atoms with E-state index in [-0.39, 0.29) is 16.5 Å². The highest BCUT2D eigenvalue weighted by molar-refractivity contribution is 7.99. The van der Waals surface area contributed by atoms with Crippen LogP contribution in [0.3, 0.4) is 0 Å². The van der Waals surface area contributed by atoms with E-state index in [1.165, 1.54) is 15.2 Å². The predicted molar refractivity (Wildman–Crippen MR) is 86.5 cm³/mol. The Morgan fingerprint density at radius 1 is 1.41 bits per heavy atom. The number of aryl methyl sites for hydroxylation is 1. The second kappa shape index (κ2) is 7.47. The van der Waals surface area contributed by atoms with Crippen LogP contribution in [0.4, 0.5) is 0 Å². The number of sulfonamides is 1. The molecule has 0 aromatic carbocycles. The lowest BCUT2D eigenvalue weighted by molar-refractivity contribution is 0.0949. The van der Waals surface area contributed by atoms with Crippen molar-refractivity contribution in [1.82, 2.24) is 19.4 Å². The van der Waals surface area contributed by atoms with Crippen LogP contribution in [0.15, 0.2) is 11.2 Å². The molecule has 2 heterocycles. The monoisotopic (exact) mass is 346 g/mol. The van der Waals surface area contributed by atoms with Crippen molar-refractivity contribution >= 4 is 27.7 Å². The van der Waals surface area contributed by atoms with Crippen LogP contribution in [-0.4, -0.2) is 59.6 Å². The molecule has 0 aliphatic carbocycles. The van der Waals surface area contributed by atoms with Crippen molar-refractivity contribution in [2.45, 2.75) is 24.8 Å². The highest BCUT2D eigenvalue weighted by Crippen LogP contribution is 2.21. The van der Waals surface area contributed by atoms with Crippen LogP contribution in [0.1, 0.15) is 30.1 Å². The average Bonchev–Trinajstić information content (AvgIpc) is 2.91. The first-order valence-electron chi connectivity index (χ1n) is 7.36. The summed E-state index contributed by atoms with van der Waals surface area (Å²) >= 11 is 1.73. The summed E-state index contributed by atoms with van der Waals surface area (Å²) in [6.45, 7) is 3.48. The van der Waals surface area contributed by atoms with E-state index < -0.39 is 10.0 Å². The van der Waals surface area contributed by atoms with Gasteiger partial charge in [-0.15, -0.1) is 0 Å². The Labute approximate surface area is 135 Å². The second-order valence-electron chi connectivity index (χ2n) is 5.15. The van der Waals surface area contributed by atoms with Crippen molar-refractivity contribution in [2.75, 3.05) is 31.1 Å². The van der Waals surface area contributed by atoms with E-state index >= 15 is 0 Å². The molecule has 1 saturated heterocycles. The van der Waals surface area contributed by atoms with Gasteiger partial charge in [-0.05, 0) is 6.42 Å². The molecule has 124 valence electrons. The first-order valence-corrected chi connectivity index (χ1v) is 9.96. The molecule has 1 aliphatic heterocycles. The van der Waals surface area contributed by atoms with Crippen molar-refractivity contribution in [1.29, 1.82) is 0 Å². The number of nitrogens with one attached hydrogen (secondary N) is 1. The molecule has 1 N–H and O–H groups in total. The molecule has 0 radical (unpaired) electrons. The standard InChI is InChI=1S/C13H22N4O3S2/c1-3-4-5-14-12(18)11-10-16(2)15-13(11)22(19,20)17-6-8-21-9-7-17/h10H,3-9H2,1-2H3,(H,14,18). The first-order chi connectivity index (χ1) is 10.5. The minimum absolute atomic E-state index is 0.122. The Bertz CT molecular complexity index is 621. The lowest BCUT2D eigenvalue weighted by atomic mass is 10.3. The second-order valence-corrected chi connectivity index (χ2v) is 8.23. The van der Waals surface area contributed by atoms with Gasteiger partial charge in [-0.1, -0.05) is 13.3 Å². The van der Waals surface area contributed by atoms with Crippen LogP contribution in [0.25, 0.3) is 0 Å². The minimum atomic E-state index is -3.72. The van der Waals surface area contributed by atoms with Crippen molar-refractivity contribution in [2.24, 2.45) is 7.05 Å². The maximum Gasteiger partial charge on any atom is 0.263 e. The molecule has 1 amide bonds. The molecule has 1 aliphatic rings. The lowest BCUT2D eigenvalue weighted by Crippen LogP contribution is -2.39. The predicted octanol–water partition coefficient (Wildman–Crippen LogP) is 0.688. The van der Waals surface area contributed by atoms with Crippen LogP contribution >= 0.6 is 11.8 Å². The number of aromatic nitrogens is 2. The lowest BCUT2D eigenvalue weighted by Gasteiger charge is -2.24. The van der Waals surface area contributed by atoms with Crippen molar-refractivity contribution in [3.05, 3.63) is 11.8 Å². The number of thioether (sulfide) groups is 1. The fourth-order valence-electron chi connectivity index (χ4n) is 2.20. The summed E-state index contributed by atoms with van der Waals surface area (Å²) in [6.07, 6.45) is 3.29. The number of hydrogen-bond acceptors (Lipinski definition) is 5. The minimum Gasteiger partial charge on any atom is -0.352 e. The first kappa shape index (κ1) is 17.3. The number of rotatable bonds is 6. The third-order valence-corrected chi connectivity index (χ3v) is 6.19. The molecule has 0 bridgehead atoms. The largest absolute Gasteiger partial charge is 0.352 e. The molecule has 0 unspecified atom stereocenters. The Morgan fingerprint density at radius 3 is 2.73 bits per heavy atom. The number of nitrogens with zero attached hydrogens (tertiary/aromatic N) is 3. The SMILES string of the molecule is CCCCNC(=O)c1cn(C)nc1S(=O)(=O)N1CCSCC1. The molecule has 2 rings (SSSR count). The summed E-state index contributed by atoms with van der Waals surface area (Å²) in [5, 5.41) is 6.63. The van der Waals surface area contributed by atoms with E-state index in [0.29, 0.717) is 19.6 Å².